The summed E-state index contributed by atoms with van der Waals surface area (Å²) in [7, 11) is 0. The van der Waals surface area contributed by atoms with Gasteiger partial charge in [-0.2, -0.15) is 0 Å². The minimum atomic E-state index is 0.748. The van der Waals surface area contributed by atoms with Crippen LogP contribution in [-0.2, 0) is 0 Å². The number of rotatable bonds is 3. The Hall–Kier alpha value is -1.02. The van der Waals surface area contributed by atoms with Gasteiger partial charge >= 0.3 is 0 Å². The third-order valence-corrected chi connectivity index (χ3v) is 4.02. The van der Waals surface area contributed by atoms with E-state index < -0.39 is 0 Å². The number of benzene rings is 1. The van der Waals surface area contributed by atoms with Crippen LogP contribution < -0.4 is 10.6 Å². The van der Waals surface area contributed by atoms with E-state index in [0.717, 1.165) is 18.4 Å². The molecule has 1 aliphatic heterocycles. The quantitative estimate of drug-likeness (QED) is 0.840. The highest BCUT2D eigenvalue weighted by molar-refractivity contribution is 5.49. The van der Waals surface area contributed by atoms with Gasteiger partial charge in [0.15, 0.2) is 0 Å². The Kier molecular flexibility index (Phi) is 2.60. The van der Waals surface area contributed by atoms with E-state index in [-0.39, 0.29) is 0 Å². The van der Waals surface area contributed by atoms with Crippen LogP contribution in [0.4, 0.5) is 5.69 Å². The van der Waals surface area contributed by atoms with Gasteiger partial charge < -0.3 is 10.6 Å². The summed E-state index contributed by atoms with van der Waals surface area (Å²) in [6, 6.07) is 9.17. The molecule has 16 heavy (non-hydrogen) atoms. The smallest absolute Gasteiger partial charge is 0.0366 e. The third-order valence-electron chi connectivity index (χ3n) is 4.02. The van der Waals surface area contributed by atoms with Crippen LogP contribution in [0.25, 0.3) is 0 Å². The molecule has 0 radical (unpaired) electrons. The van der Waals surface area contributed by atoms with Crippen molar-refractivity contribution < 1.29 is 0 Å². The molecule has 1 aromatic rings. The summed E-state index contributed by atoms with van der Waals surface area (Å²) in [5, 5.41) is 0. The molecule has 1 saturated heterocycles. The van der Waals surface area contributed by atoms with Crippen LogP contribution in [0.3, 0.4) is 0 Å². The van der Waals surface area contributed by atoms with E-state index in [4.69, 9.17) is 5.73 Å². The van der Waals surface area contributed by atoms with Gasteiger partial charge in [-0.3, -0.25) is 0 Å². The lowest BCUT2D eigenvalue weighted by Crippen LogP contribution is -2.17. The minimum Gasteiger partial charge on any atom is -0.372 e. The van der Waals surface area contributed by atoms with Crippen LogP contribution in [0.2, 0.25) is 0 Å². The van der Waals surface area contributed by atoms with Gasteiger partial charge in [-0.25, -0.2) is 0 Å². The molecule has 1 saturated carbocycles. The molecule has 1 aliphatic carbocycles. The summed E-state index contributed by atoms with van der Waals surface area (Å²) < 4.78 is 0. The maximum absolute atomic E-state index is 5.68. The number of nitrogens with zero attached hydrogens (tertiary/aromatic N) is 1. The van der Waals surface area contributed by atoms with Gasteiger partial charge in [0.1, 0.15) is 0 Å². The summed E-state index contributed by atoms with van der Waals surface area (Å²) in [6.07, 6.45) is 3.98. The fourth-order valence-corrected chi connectivity index (χ4v) is 2.82. The maximum Gasteiger partial charge on any atom is 0.0366 e. The largest absolute Gasteiger partial charge is 0.372 e. The van der Waals surface area contributed by atoms with Crippen molar-refractivity contribution >= 4 is 5.69 Å². The second kappa shape index (κ2) is 4.10. The molecule has 2 fully saturated rings. The topological polar surface area (TPSA) is 29.3 Å². The van der Waals surface area contributed by atoms with Crippen molar-refractivity contribution in [1.82, 2.24) is 0 Å². The Morgan fingerprint density at radius 2 is 1.81 bits per heavy atom. The van der Waals surface area contributed by atoms with Gasteiger partial charge in [0.2, 0.25) is 0 Å². The van der Waals surface area contributed by atoms with E-state index in [0.29, 0.717) is 0 Å². The van der Waals surface area contributed by atoms with E-state index in [2.05, 4.69) is 29.2 Å². The molecule has 0 amide bonds. The Morgan fingerprint density at radius 1 is 1.12 bits per heavy atom. The highest BCUT2D eigenvalue weighted by atomic mass is 15.1. The van der Waals surface area contributed by atoms with E-state index in [1.807, 2.05) is 0 Å². The molecular formula is C14H20N2. The molecule has 2 heteroatoms. The number of hydrogen-bond donors (Lipinski definition) is 1. The monoisotopic (exact) mass is 216 g/mol. The normalized spacial score (nSPS) is 28.4. The molecule has 86 valence electrons. The Bertz CT molecular complexity index is 352. The van der Waals surface area contributed by atoms with Crippen LogP contribution >= 0.6 is 0 Å². The summed E-state index contributed by atoms with van der Waals surface area (Å²) in [4.78, 5) is 2.48. The van der Waals surface area contributed by atoms with Gasteiger partial charge in [-0.15, -0.1) is 0 Å². The summed E-state index contributed by atoms with van der Waals surface area (Å²) >= 11 is 0. The summed E-state index contributed by atoms with van der Waals surface area (Å²) in [5.41, 5.74) is 8.56. The lowest BCUT2D eigenvalue weighted by atomic mass is 10.1. The van der Waals surface area contributed by atoms with Gasteiger partial charge in [0, 0.05) is 18.8 Å². The van der Waals surface area contributed by atoms with Crippen LogP contribution in [0, 0.1) is 5.92 Å². The molecule has 2 atom stereocenters. The molecule has 0 aromatic heterocycles. The van der Waals surface area contributed by atoms with Crippen molar-refractivity contribution in [1.29, 1.82) is 0 Å². The molecule has 2 N–H and O–H groups in total. The number of nitrogens with two attached hydrogens (primary N) is 1. The number of hydrogen-bond acceptors (Lipinski definition) is 2. The third kappa shape index (κ3) is 1.82. The maximum atomic E-state index is 5.68. The first kappa shape index (κ1) is 10.2. The van der Waals surface area contributed by atoms with E-state index in [1.54, 1.807) is 0 Å². The molecule has 3 rings (SSSR count). The predicted molar refractivity (Wildman–Crippen MR) is 67.8 cm³/mol. The first-order chi connectivity index (χ1) is 7.88. The standard InChI is InChI=1S/C14H20N2/c15-10-12-9-14(12)11-3-5-13(6-4-11)16-7-1-2-8-16/h3-6,12,14H,1-2,7-10,15H2/t12-,14-/m0/s1. The van der Waals surface area contributed by atoms with Crippen molar-refractivity contribution in [2.24, 2.45) is 11.7 Å². The second-order valence-corrected chi connectivity index (χ2v) is 5.12. The lowest BCUT2D eigenvalue weighted by Gasteiger charge is -2.17. The average Bonchev–Trinajstić information content (AvgIpc) is 2.93. The molecular weight excluding hydrogens is 196 g/mol. The SMILES string of the molecule is NC[C@@H]1C[C@H]1c1ccc(N2CCCC2)cc1. The molecule has 1 aromatic carbocycles. The minimum absolute atomic E-state index is 0.748. The fourth-order valence-electron chi connectivity index (χ4n) is 2.82. The second-order valence-electron chi connectivity index (χ2n) is 5.12. The number of anilines is 1. The lowest BCUT2D eigenvalue weighted by molar-refractivity contribution is 0.809. The van der Waals surface area contributed by atoms with Gasteiger partial charge in [-0.05, 0) is 55.3 Å². The zero-order valence-electron chi connectivity index (χ0n) is 9.73. The van der Waals surface area contributed by atoms with Crippen molar-refractivity contribution in [3.05, 3.63) is 29.8 Å². The molecule has 2 aliphatic rings. The van der Waals surface area contributed by atoms with Crippen molar-refractivity contribution in [2.75, 3.05) is 24.5 Å². The Morgan fingerprint density at radius 3 is 2.38 bits per heavy atom. The molecule has 2 nitrogen and oxygen atoms in total. The summed E-state index contributed by atoms with van der Waals surface area (Å²) in [5.74, 6) is 1.50. The molecule has 1 heterocycles. The molecule has 0 bridgehead atoms. The van der Waals surface area contributed by atoms with Crippen molar-refractivity contribution in [3.63, 3.8) is 0 Å². The highest BCUT2D eigenvalue weighted by Crippen LogP contribution is 2.46. The van der Waals surface area contributed by atoms with Gasteiger partial charge in [0.05, 0.1) is 0 Å². The molecule has 0 unspecified atom stereocenters. The molecule has 0 spiro atoms. The highest BCUT2D eigenvalue weighted by Gasteiger charge is 2.36. The van der Waals surface area contributed by atoms with E-state index in [9.17, 15) is 0 Å². The Labute approximate surface area is 97.4 Å². The zero-order valence-corrected chi connectivity index (χ0v) is 9.73. The average molecular weight is 216 g/mol. The van der Waals surface area contributed by atoms with Crippen LogP contribution in [0.15, 0.2) is 24.3 Å². The predicted octanol–water partition coefficient (Wildman–Crippen LogP) is 2.35. The van der Waals surface area contributed by atoms with Crippen LogP contribution in [-0.4, -0.2) is 19.6 Å². The zero-order chi connectivity index (χ0) is 11.0. The van der Waals surface area contributed by atoms with Gasteiger partial charge in [0.25, 0.3) is 0 Å². The van der Waals surface area contributed by atoms with E-state index >= 15 is 0 Å². The summed E-state index contributed by atoms with van der Waals surface area (Å²) in [6.45, 7) is 3.31. The van der Waals surface area contributed by atoms with Gasteiger partial charge in [-0.1, -0.05) is 12.1 Å². The first-order valence-corrected chi connectivity index (χ1v) is 6.43. The van der Waals surface area contributed by atoms with Crippen molar-refractivity contribution in [2.45, 2.75) is 25.2 Å². The first-order valence-electron chi connectivity index (χ1n) is 6.43. The van der Waals surface area contributed by atoms with Crippen LogP contribution in [0.5, 0.6) is 0 Å². The van der Waals surface area contributed by atoms with Crippen LogP contribution in [0.1, 0.15) is 30.7 Å². The Balaban J connectivity index is 1.70. The van der Waals surface area contributed by atoms with E-state index in [1.165, 1.54) is 43.6 Å². The fraction of sp³-hybridized carbons (Fsp3) is 0.571. The van der Waals surface area contributed by atoms with Crippen molar-refractivity contribution in [3.8, 4) is 0 Å².